The largest absolute Gasteiger partial charge is 0.497 e. The Morgan fingerprint density at radius 1 is 1.24 bits per heavy atom. The number of carbonyl (C=O) groups excluding carboxylic acids is 2. The molecule has 0 heterocycles. The highest BCUT2D eigenvalue weighted by atomic mass is 16.5. The normalized spacial score (nSPS) is 23.1. The van der Waals surface area contributed by atoms with Crippen LogP contribution in [0, 0.1) is 5.92 Å². The van der Waals surface area contributed by atoms with E-state index in [-0.39, 0.29) is 11.7 Å². The minimum absolute atomic E-state index is 0.208. The zero-order valence-corrected chi connectivity index (χ0v) is 15.2. The van der Waals surface area contributed by atoms with Crippen LogP contribution in [0.5, 0.6) is 5.75 Å². The third-order valence-corrected chi connectivity index (χ3v) is 5.02. The maximum Gasteiger partial charge on any atom is 0.226 e. The molecule has 0 bridgehead atoms. The van der Waals surface area contributed by atoms with Crippen LogP contribution in [0.3, 0.4) is 0 Å². The van der Waals surface area contributed by atoms with Crippen molar-refractivity contribution in [2.24, 2.45) is 5.92 Å². The summed E-state index contributed by atoms with van der Waals surface area (Å²) in [5.74, 6) is -0.612. The Kier molecular flexibility index (Phi) is 7.00. The number of hydrogen-bond donors (Lipinski definition) is 2. The fourth-order valence-electron chi connectivity index (χ4n) is 3.48. The van der Waals surface area contributed by atoms with Crippen molar-refractivity contribution in [3.63, 3.8) is 0 Å². The van der Waals surface area contributed by atoms with Crippen molar-refractivity contribution in [1.29, 1.82) is 0 Å². The van der Waals surface area contributed by atoms with Gasteiger partial charge in [0.25, 0.3) is 0 Å². The summed E-state index contributed by atoms with van der Waals surface area (Å²) in [6.07, 6.45) is 5.52. The van der Waals surface area contributed by atoms with Crippen molar-refractivity contribution in [2.75, 3.05) is 13.7 Å². The first-order chi connectivity index (χ1) is 12.0. The quantitative estimate of drug-likeness (QED) is 0.560. The monoisotopic (exact) mass is 347 g/mol. The lowest BCUT2D eigenvalue weighted by atomic mass is 9.71. The molecule has 0 spiro atoms. The second-order valence-electron chi connectivity index (χ2n) is 6.78. The Labute approximate surface area is 149 Å². The van der Waals surface area contributed by atoms with Crippen LogP contribution in [0.15, 0.2) is 24.3 Å². The summed E-state index contributed by atoms with van der Waals surface area (Å²) in [5.41, 5.74) is -1.21. The van der Waals surface area contributed by atoms with Crippen LogP contribution < -0.4 is 10.1 Å². The minimum Gasteiger partial charge on any atom is -0.497 e. The number of nitrogens with one attached hydrogen (secondary N) is 1. The van der Waals surface area contributed by atoms with Crippen molar-refractivity contribution in [2.45, 2.75) is 57.5 Å². The number of rotatable bonds is 8. The van der Waals surface area contributed by atoms with Crippen LogP contribution in [0.4, 0.5) is 0 Å². The summed E-state index contributed by atoms with van der Waals surface area (Å²) in [5, 5.41) is 14.0. The molecule has 1 aliphatic rings. The van der Waals surface area contributed by atoms with Gasteiger partial charge in [-0.25, -0.2) is 0 Å². The zero-order chi connectivity index (χ0) is 18.3. The molecular formula is C20H29NO4. The topological polar surface area (TPSA) is 75.6 Å². The Morgan fingerprint density at radius 2 is 1.96 bits per heavy atom. The summed E-state index contributed by atoms with van der Waals surface area (Å²) in [7, 11) is 1.56. The molecule has 1 amide bonds. The lowest BCUT2D eigenvalue weighted by molar-refractivity contribution is -0.134. The van der Waals surface area contributed by atoms with Crippen molar-refractivity contribution in [1.82, 2.24) is 5.32 Å². The van der Waals surface area contributed by atoms with Crippen LogP contribution in [-0.2, 0) is 4.79 Å². The lowest BCUT2D eigenvalue weighted by Gasteiger charge is -2.37. The summed E-state index contributed by atoms with van der Waals surface area (Å²) in [6, 6.07) is 6.67. The first-order valence-corrected chi connectivity index (χ1v) is 9.22. The van der Waals surface area contributed by atoms with E-state index in [0.29, 0.717) is 30.7 Å². The smallest absolute Gasteiger partial charge is 0.226 e. The fraction of sp³-hybridized carbons (Fsp3) is 0.600. The molecule has 1 aromatic rings. The van der Waals surface area contributed by atoms with Gasteiger partial charge in [-0.3, -0.25) is 9.59 Å². The molecule has 5 nitrogen and oxygen atoms in total. The molecule has 2 N–H and O–H groups in total. The summed E-state index contributed by atoms with van der Waals surface area (Å²) in [4.78, 5) is 25.5. The second-order valence-corrected chi connectivity index (χ2v) is 6.78. The average molecular weight is 347 g/mol. The van der Waals surface area contributed by atoms with Crippen LogP contribution in [0.1, 0.15) is 62.2 Å². The van der Waals surface area contributed by atoms with E-state index in [2.05, 4.69) is 12.2 Å². The Balaban J connectivity index is 2.12. The molecule has 25 heavy (non-hydrogen) atoms. The predicted molar refractivity (Wildman–Crippen MR) is 96.8 cm³/mol. The van der Waals surface area contributed by atoms with Crippen molar-refractivity contribution in [3.05, 3.63) is 29.8 Å². The highest BCUT2D eigenvalue weighted by Gasteiger charge is 2.48. The molecule has 2 rings (SSSR count). The van der Waals surface area contributed by atoms with Gasteiger partial charge in [-0.2, -0.15) is 0 Å². The van der Waals surface area contributed by atoms with E-state index in [1.54, 1.807) is 31.4 Å². The van der Waals surface area contributed by atoms with Crippen molar-refractivity contribution in [3.8, 4) is 5.75 Å². The highest BCUT2D eigenvalue weighted by molar-refractivity contribution is 6.05. The first-order valence-electron chi connectivity index (χ1n) is 9.22. The number of ether oxygens (including phenoxy) is 1. The lowest BCUT2D eigenvalue weighted by Crippen LogP contribution is -2.54. The van der Waals surface area contributed by atoms with Crippen LogP contribution in [-0.4, -0.2) is 36.1 Å². The van der Waals surface area contributed by atoms with E-state index in [1.807, 2.05) is 0 Å². The summed E-state index contributed by atoms with van der Waals surface area (Å²) >= 11 is 0. The van der Waals surface area contributed by atoms with E-state index in [4.69, 9.17) is 4.74 Å². The number of methoxy groups -OCH3 is 1. The third kappa shape index (κ3) is 4.60. The number of benzene rings is 1. The van der Waals surface area contributed by atoms with Gasteiger partial charge in [0.2, 0.25) is 5.91 Å². The van der Waals surface area contributed by atoms with E-state index in [1.165, 1.54) is 0 Å². The molecule has 1 fully saturated rings. The van der Waals surface area contributed by atoms with Gasteiger partial charge >= 0.3 is 0 Å². The molecule has 2 unspecified atom stereocenters. The second kappa shape index (κ2) is 8.99. The fourth-order valence-corrected chi connectivity index (χ4v) is 3.48. The molecule has 0 saturated heterocycles. The number of ketones is 1. The SMILES string of the molecule is CCCCCNC(=O)C1CCCCC1(O)C(=O)c1ccc(OC)cc1. The first kappa shape index (κ1) is 19.4. The van der Waals surface area contributed by atoms with Crippen LogP contribution >= 0.6 is 0 Å². The Morgan fingerprint density at radius 3 is 2.60 bits per heavy atom. The average Bonchev–Trinajstić information content (AvgIpc) is 2.65. The van der Waals surface area contributed by atoms with E-state index in [9.17, 15) is 14.7 Å². The van der Waals surface area contributed by atoms with E-state index < -0.39 is 11.5 Å². The number of carbonyl (C=O) groups is 2. The van der Waals surface area contributed by atoms with Gasteiger partial charge in [-0.05, 0) is 43.5 Å². The van der Waals surface area contributed by atoms with Gasteiger partial charge in [0, 0.05) is 12.1 Å². The molecule has 138 valence electrons. The molecule has 0 radical (unpaired) electrons. The van der Waals surface area contributed by atoms with Gasteiger partial charge in [-0.15, -0.1) is 0 Å². The van der Waals surface area contributed by atoms with Crippen LogP contribution in [0.2, 0.25) is 0 Å². The van der Waals surface area contributed by atoms with Gasteiger partial charge in [-0.1, -0.05) is 32.6 Å². The Bertz CT molecular complexity index is 584. The van der Waals surface area contributed by atoms with E-state index in [0.717, 1.165) is 32.1 Å². The van der Waals surface area contributed by atoms with Crippen molar-refractivity contribution < 1.29 is 19.4 Å². The molecular weight excluding hydrogens is 318 g/mol. The highest BCUT2D eigenvalue weighted by Crippen LogP contribution is 2.37. The molecule has 0 aliphatic heterocycles. The molecule has 2 atom stereocenters. The molecule has 5 heteroatoms. The molecule has 1 aliphatic carbocycles. The van der Waals surface area contributed by atoms with Crippen molar-refractivity contribution >= 4 is 11.7 Å². The summed E-state index contributed by atoms with van der Waals surface area (Å²) < 4.78 is 5.11. The number of Topliss-reactive ketones (excluding diaryl/α,β-unsaturated/α-hetero) is 1. The third-order valence-electron chi connectivity index (χ3n) is 5.02. The number of amides is 1. The van der Waals surface area contributed by atoms with Gasteiger partial charge in [0.05, 0.1) is 13.0 Å². The predicted octanol–water partition coefficient (Wildman–Crippen LogP) is 3.11. The number of hydrogen-bond acceptors (Lipinski definition) is 4. The molecule has 0 aromatic heterocycles. The van der Waals surface area contributed by atoms with Gasteiger partial charge in [0.15, 0.2) is 5.78 Å². The van der Waals surface area contributed by atoms with Gasteiger partial charge < -0.3 is 15.2 Å². The Hall–Kier alpha value is -1.88. The maximum absolute atomic E-state index is 12.9. The molecule has 1 saturated carbocycles. The van der Waals surface area contributed by atoms with Crippen LogP contribution in [0.25, 0.3) is 0 Å². The molecule has 1 aromatic carbocycles. The van der Waals surface area contributed by atoms with Gasteiger partial charge in [0.1, 0.15) is 11.4 Å². The summed E-state index contributed by atoms with van der Waals surface area (Å²) in [6.45, 7) is 2.70. The number of unbranched alkanes of at least 4 members (excludes halogenated alkanes) is 2. The van der Waals surface area contributed by atoms with E-state index >= 15 is 0 Å². The minimum atomic E-state index is -1.62. The standard InChI is InChI=1S/C20H29NO4/c1-3-4-7-14-21-19(23)17-8-5-6-13-20(17,24)18(22)15-9-11-16(25-2)12-10-15/h9-12,17,24H,3-8,13-14H2,1-2H3,(H,21,23). The number of aliphatic hydroxyl groups is 1. The maximum atomic E-state index is 12.9. The zero-order valence-electron chi connectivity index (χ0n) is 15.2.